The number of benzene rings is 1. The second-order valence-electron chi connectivity index (χ2n) is 5.48. The minimum absolute atomic E-state index is 0.0381. The first-order valence-corrected chi connectivity index (χ1v) is 6.96. The maximum Gasteiger partial charge on any atom is 0.0511 e. The smallest absolute Gasteiger partial charge is 0.0511 e. The minimum atomic E-state index is 0.0381. The summed E-state index contributed by atoms with van der Waals surface area (Å²) in [7, 11) is 2.13. The molecule has 0 saturated carbocycles. The number of likely N-dealkylation sites (N-methyl/N-ethyl adjacent to an activating group) is 1. The van der Waals surface area contributed by atoms with E-state index in [2.05, 4.69) is 38.8 Å². The summed E-state index contributed by atoms with van der Waals surface area (Å²) in [6.07, 6.45) is 0. The minimum Gasteiger partial charge on any atom is -0.326 e. The Bertz CT molecular complexity index is 377. The van der Waals surface area contributed by atoms with Crippen LogP contribution in [0.2, 0.25) is 5.02 Å². The largest absolute Gasteiger partial charge is 0.326 e. The molecule has 0 saturated heterocycles. The Hall–Kier alpha value is -0.570. The Kier molecular flexibility index (Phi) is 5.64. The zero-order chi connectivity index (χ0) is 13.9. The van der Waals surface area contributed by atoms with E-state index in [1.807, 2.05) is 25.1 Å². The van der Waals surface area contributed by atoms with Gasteiger partial charge in [0.25, 0.3) is 0 Å². The lowest BCUT2D eigenvalue weighted by atomic mass is 9.95. The van der Waals surface area contributed by atoms with E-state index in [1.165, 1.54) is 0 Å². The van der Waals surface area contributed by atoms with Crippen LogP contribution in [0.15, 0.2) is 24.3 Å². The van der Waals surface area contributed by atoms with Crippen molar-refractivity contribution < 1.29 is 0 Å². The molecule has 0 spiro atoms. The number of nitrogens with two attached hydrogens (primary N) is 1. The van der Waals surface area contributed by atoms with Crippen molar-refractivity contribution in [2.75, 3.05) is 7.05 Å². The summed E-state index contributed by atoms with van der Waals surface area (Å²) in [5.41, 5.74) is 7.29. The van der Waals surface area contributed by atoms with Crippen LogP contribution in [-0.4, -0.2) is 24.0 Å². The van der Waals surface area contributed by atoms with Gasteiger partial charge in [-0.15, -0.1) is 0 Å². The summed E-state index contributed by atoms with van der Waals surface area (Å²) in [5.74, 6) is 0.582. The SMILES string of the molecule is CC(C)C(C)N(C)C(c1ccccc1Cl)C(C)N. The average molecular weight is 269 g/mol. The predicted octanol–water partition coefficient (Wildman–Crippen LogP) is 3.70. The fourth-order valence-corrected chi connectivity index (χ4v) is 2.56. The van der Waals surface area contributed by atoms with Crippen molar-refractivity contribution in [2.45, 2.75) is 45.8 Å². The Morgan fingerprint density at radius 1 is 1.11 bits per heavy atom. The van der Waals surface area contributed by atoms with Gasteiger partial charge in [-0.25, -0.2) is 0 Å². The normalized spacial score (nSPS) is 16.9. The lowest BCUT2D eigenvalue weighted by molar-refractivity contribution is 0.133. The van der Waals surface area contributed by atoms with E-state index in [4.69, 9.17) is 17.3 Å². The zero-order valence-electron chi connectivity index (χ0n) is 12.0. The zero-order valence-corrected chi connectivity index (χ0v) is 12.8. The van der Waals surface area contributed by atoms with Gasteiger partial charge in [0, 0.05) is 17.1 Å². The average Bonchev–Trinajstić information content (AvgIpc) is 2.30. The molecule has 0 aromatic heterocycles. The summed E-state index contributed by atoms with van der Waals surface area (Å²) < 4.78 is 0. The fraction of sp³-hybridized carbons (Fsp3) is 0.600. The van der Waals surface area contributed by atoms with Gasteiger partial charge in [0.2, 0.25) is 0 Å². The van der Waals surface area contributed by atoms with Crippen molar-refractivity contribution in [1.82, 2.24) is 4.90 Å². The molecule has 1 rings (SSSR count). The van der Waals surface area contributed by atoms with Crippen LogP contribution in [0.5, 0.6) is 0 Å². The molecule has 0 amide bonds. The molecule has 0 radical (unpaired) electrons. The van der Waals surface area contributed by atoms with Gasteiger partial charge in [-0.2, -0.15) is 0 Å². The third-order valence-corrected chi connectivity index (χ3v) is 4.11. The highest BCUT2D eigenvalue weighted by Crippen LogP contribution is 2.31. The van der Waals surface area contributed by atoms with Crippen LogP contribution in [0.25, 0.3) is 0 Å². The van der Waals surface area contributed by atoms with Gasteiger partial charge in [0.15, 0.2) is 0 Å². The molecule has 3 unspecified atom stereocenters. The highest BCUT2D eigenvalue weighted by atomic mass is 35.5. The van der Waals surface area contributed by atoms with Crippen LogP contribution in [0.1, 0.15) is 39.3 Å². The second-order valence-corrected chi connectivity index (χ2v) is 5.88. The van der Waals surface area contributed by atoms with Crippen LogP contribution in [0.3, 0.4) is 0 Å². The molecule has 0 aliphatic heterocycles. The molecule has 3 atom stereocenters. The van der Waals surface area contributed by atoms with Crippen molar-refractivity contribution in [3.8, 4) is 0 Å². The van der Waals surface area contributed by atoms with Gasteiger partial charge in [0.1, 0.15) is 0 Å². The Morgan fingerprint density at radius 2 is 1.67 bits per heavy atom. The van der Waals surface area contributed by atoms with Crippen molar-refractivity contribution >= 4 is 11.6 Å². The summed E-state index contributed by atoms with van der Waals surface area (Å²) in [6.45, 7) is 8.73. The summed E-state index contributed by atoms with van der Waals surface area (Å²) in [5, 5.41) is 0.794. The molecule has 1 aromatic carbocycles. The van der Waals surface area contributed by atoms with Crippen LogP contribution in [-0.2, 0) is 0 Å². The van der Waals surface area contributed by atoms with Gasteiger partial charge in [-0.05, 0) is 38.4 Å². The first kappa shape index (κ1) is 15.5. The quantitative estimate of drug-likeness (QED) is 0.882. The molecule has 102 valence electrons. The van der Waals surface area contributed by atoms with E-state index in [1.54, 1.807) is 0 Å². The van der Waals surface area contributed by atoms with E-state index < -0.39 is 0 Å². The lowest BCUT2D eigenvalue weighted by Crippen LogP contribution is -2.43. The van der Waals surface area contributed by atoms with Gasteiger partial charge in [-0.1, -0.05) is 43.6 Å². The fourth-order valence-electron chi connectivity index (χ4n) is 2.31. The molecule has 0 heterocycles. The molecule has 0 bridgehead atoms. The Morgan fingerprint density at radius 3 is 2.11 bits per heavy atom. The van der Waals surface area contributed by atoms with Crippen LogP contribution in [0.4, 0.5) is 0 Å². The topological polar surface area (TPSA) is 29.3 Å². The molecule has 2 N–H and O–H groups in total. The summed E-state index contributed by atoms with van der Waals surface area (Å²) in [4.78, 5) is 2.33. The molecule has 0 aliphatic rings. The van der Waals surface area contributed by atoms with Crippen molar-refractivity contribution in [1.29, 1.82) is 0 Å². The van der Waals surface area contributed by atoms with Gasteiger partial charge < -0.3 is 5.73 Å². The van der Waals surface area contributed by atoms with Gasteiger partial charge >= 0.3 is 0 Å². The third kappa shape index (κ3) is 3.47. The van der Waals surface area contributed by atoms with E-state index >= 15 is 0 Å². The number of halogens is 1. The number of hydrogen-bond donors (Lipinski definition) is 1. The Labute approximate surface area is 116 Å². The molecule has 0 aliphatic carbocycles. The second kappa shape index (κ2) is 6.55. The van der Waals surface area contributed by atoms with Crippen LogP contribution >= 0.6 is 11.6 Å². The number of rotatable bonds is 5. The molecule has 3 heteroatoms. The maximum absolute atomic E-state index is 6.31. The Balaban J connectivity index is 3.08. The molecule has 0 fully saturated rings. The van der Waals surface area contributed by atoms with E-state index in [9.17, 15) is 0 Å². The van der Waals surface area contributed by atoms with E-state index in [-0.39, 0.29) is 12.1 Å². The van der Waals surface area contributed by atoms with Gasteiger partial charge in [0.05, 0.1) is 6.04 Å². The highest BCUT2D eigenvalue weighted by molar-refractivity contribution is 6.31. The standard InChI is InChI=1S/C15H25ClN2/c1-10(2)12(4)18(5)15(11(3)17)13-8-6-7-9-14(13)16/h6-12,15H,17H2,1-5H3. The summed E-state index contributed by atoms with van der Waals surface area (Å²) >= 11 is 6.31. The van der Waals surface area contributed by atoms with E-state index in [0.29, 0.717) is 12.0 Å². The van der Waals surface area contributed by atoms with Gasteiger partial charge in [-0.3, -0.25) is 4.90 Å². The molecule has 2 nitrogen and oxygen atoms in total. The van der Waals surface area contributed by atoms with Crippen LogP contribution < -0.4 is 5.73 Å². The molecular weight excluding hydrogens is 244 g/mol. The van der Waals surface area contributed by atoms with Crippen molar-refractivity contribution in [2.24, 2.45) is 11.7 Å². The van der Waals surface area contributed by atoms with E-state index in [0.717, 1.165) is 10.6 Å². The first-order valence-electron chi connectivity index (χ1n) is 6.58. The first-order chi connectivity index (χ1) is 8.36. The third-order valence-electron chi connectivity index (χ3n) is 3.77. The van der Waals surface area contributed by atoms with Crippen LogP contribution in [0, 0.1) is 5.92 Å². The molecule has 18 heavy (non-hydrogen) atoms. The summed E-state index contributed by atoms with van der Waals surface area (Å²) in [6, 6.07) is 8.62. The molecular formula is C15H25ClN2. The monoisotopic (exact) mass is 268 g/mol. The molecule has 1 aromatic rings. The predicted molar refractivity (Wildman–Crippen MR) is 79.9 cm³/mol. The van der Waals surface area contributed by atoms with Crippen molar-refractivity contribution in [3.05, 3.63) is 34.9 Å². The maximum atomic E-state index is 6.31. The van der Waals surface area contributed by atoms with Crippen molar-refractivity contribution in [3.63, 3.8) is 0 Å². The number of hydrogen-bond acceptors (Lipinski definition) is 2. The lowest BCUT2D eigenvalue weighted by Gasteiger charge is -2.38. The number of nitrogens with zero attached hydrogens (tertiary/aromatic N) is 1. The highest BCUT2D eigenvalue weighted by Gasteiger charge is 2.27.